The third-order valence-electron chi connectivity index (χ3n) is 4.98. The average Bonchev–Trinajstić information content (AvgIpc) is 3.19. The van der Waals surface area contributed by atoms with E-state index in [1.165, 1.54) is 6.07 Å². The molecule has 1 aromatic carbocycles. The molecule has 0 spiro atoms. The Bertz CT molecular complexity index is 883. The van der Waals surface area contributed by atoms with E-state index in [1.807, 2.05) is 25.5 Å². The molecule has 25 heavy (non-hydrogen) atoms. The molecule has 132 valence electrons. The molecule has 7 heteroatoms. The molecule has 1 atom stereocenters. The van der Waals surface area contributed by atoms with Gasteiger partial charge in [-0.1, -0.05) is 6.07 Å². The summed E-state index contributed by atoms with van der Waals surface area (Å²) in [5.74, 6) is 1.69. The van der Waals surface area contributed by atoms with E-state index >= 15 is 0 Å². The number of hydrogen-bond donors (Lipinski definition) is 1. The molecule has 0 radical (unpaired) electrons. The maximum atomic E-state index is 14.1. The molecule has 1 aliphatic heterocycles. The molecule has 4 rings (SSSR count). The minimum atomic E-state index is -0.257. The van der Waals surface area contributed by atoms with Gasteiger partial charge in [0.2, 0.25) is 0 Å². The zero-order valence-electron chi connectivity index (χ0n) is 14.6. The fourth-order valence-electron chi connectivity index (χ4n) is 3.70. The zero-order chi connectivity index (χ0) is 17.4. The highest BCUT2D eigenvalue weighted by Gasteiger charge is 2.28. The van der Waals surface area contributed by atoms with Gasteiger partial charge in [0.15, 0.2) is 5.82 Å². The molecule has 6 nitrogen and oxygen atoms in total. The molecule has 1 saturated heterocycles. The van der Waals surface area contributed by atoms with Crippen LogP contribution in [0.25, 0.3) is 11.0 Å². The monoisotopic (exact) mass is 342 g/mol. The van der Waals surface area contributed by atoms with Crippen LogP contribution in [0.1, 0.15) is 24.6 Å². The number of hydrogen-bond acceptors (Lipinski definition) is 4. The van der Waals surface area contributed by atoms with Gasteiger partial charge in [0.05, 0.1) is 18.1 Å². The summed E-state index contributed by atoms with van der Waals surface area (Å²) in [5.41, 5.74) is 1.32. The first-order chi connectivity index (χ1) is 12.2. The van der Waals surface area contributed by atoms with Gasteiger partial charge < -0.3 is 14.5 Å². The predicted octanol–water partition coefficient (Wildman–Crippen LogP) is 2.08. The lowest BCUT2D eigenvalue weighted by atomic mass is 10.1. The van der Waals surface area contributed by atoms with Gasteiger partial charge in [0, 0.05) is 45.6 Å². The molecule has 1 fully saturated rings. The van der Waals surface area contributed by atoms with Gasteiger partial charge in [0.25, 0.3) is 0 Å². The van der Waals surface area contributed by atoms with Crippen molar-refractivity contribution in [3.63, 3.8) is 0 Å². The molecule has 3 aromatic rings. The van der Waals surface area contributed by atoms with Crippen molar-refractivity contribution in [1.29, 1.82) is 0 Å². The van der Waals surface area contributed by atoms with Gasteiger partial charge in [-0.2, -0.15) is 0 Å². The van der Waals surface area contributed by atoms with Crippen LogP contribution in [-0.2, 0) is 20.1 Å². The lowest BCUT2D eigenvalue weighted by Gasteiger charge is -2.35. The van der Waals surface area contributed by atoms with E-state index in [9.17, 15) is 4.39 Å². The van der Waals surface area contributed by atoms with Crippen molar-refractivity contribution in [2.75, 3.05) is 19.6 Å². The second kappa shape index (κ2) is 6.57. The van der Waals surface area contributed by atoms with Crippen LogP contribution < -0.4 is 5.32 Å². The van der Waals surface area contributed by atoms with Crippen molar-refractivity contribution in [2.45, 2.75) is 26.1 Å². The molecule has 2 aromatic heterocycles. The number of imidazole rings is 2. The first kappa shape index (κ1) is 16.2. The van der Waals surface area contributed by atoms with E-state index in [2.05, 4.69) is 36.2 Å². The molecule has 0 aliphatic carbocycles. The third-order valence-corrected chi connectivity index (χ3v) is 4.98. The SMILES string of the molecule is CCn1c(CN2CCNCC2c2nccn2C)nc2c(F)cccc21. The van der Waals surface area contributed by atoms with E-state index in [0.717, 1.165) is 43.3 Å². The van der Waals surface area contributed by atoms with Crippen LogP contribution >= 0.6 is 0 Å². The van der Waals surface area contributed by atoms with E-state index in [4.69, 9.17) is 0 Å². The Morgan fingerprint density at radius 3 is 3.00 bits per heavy atom. The van der Waals surface area contributed by atoms with E-state index in [0.29, 0.717) is 12.1 Å². The number of nitrogens with one attached hydrogen (secondary N) is 1. The Hall–Kier alpha value is -2.25. The first-order valence-electron chi connectivity index (χ1n) is 8.74. The Morgan fingerprint density at radius 2 is 2.24 bits per heavy atom. The van der Waals surface area contributed by atoms with Crippen molar-refractivity contribution in [1.82, 2.24) is 29.3 Å². The number of piperazine rings is 1. The van der Waals surface area contributed by atoms with Crippen molar-refractivity contribution in [3.8, 4) is 0 Å². The van der Waals surface area contributed by atoms with E-state index < -0.39 is 0 Å². The number of para-hydroxylation sites is 1. The number of rotatable bonds is 4. The second-order valence-corrected chi connectivity index (χ2v) is 6.47. The average molecular weight is 342 g/mol. The lowest BCUT2D eigenvalue weighted by molar-refractivity contribution is 0.139. The maximum absolute atomic E-state index is 14.1. The highest BCUT2D eigenvalue weighted by atomic mass is 19.1. The summed E-state index contributed by atoms with van der Waals surface area (Å²) in [4.78, 5) is 11.5. The van der Waals surface area contributed by atoms with Crippen molar-refractivity contribution in [2.24, 2.45) is 7.05 Å². The van der Waals surface area contributed by atoms with Gasteiger partial charge in [0.1, 0.15) is 17.2 Å². The highest BCUT2D eigenvalue weighted by Crippen LogP contribution is 2.25. The van der Waals surface area contributed by atoms with Crippen molar-refractivity contribution in [3.05, 3.63) is 48.1 Å². The zero-order valence-corrected chi connectivity index (χ0v) is 14.6. The normalized spacial score (nSPS) is 18.9. The molecule has 0 bridgehead atoms. The Labute approximate surface area is 146 Å². The Kier molecular flexibility index (Phi) is 4.27. The molecule has 0 amide bonds. The van der Waals surface area contributed by atoms with Crippen LogP contribution in [0, 0.1) is 5.82 Å². The van der Waals surface area contributed by atoms with Crippen LogP contribution in [0.15, 0.2) is 30.6 Å². The standard InChI is InChI=1S/C18H23FN6/c1-3-25-14-6-4-5-13(19)17(14)22-16(25)12-24-10-7-20-11-15(24)18-21-8-9-23(18)2/h4-6,8-9,15,20H,3,7,10-12H2,1-2H3. The molecule has 1 aliphatic rings. The molecule has 3 heterocycles. The number of fused-ring (bicyclic) bond motifs is 1. The van der Waals surface area contributed by atoms with Crippen LogP contribution in [0.2, 0.25) is 0 Å². The Balaban J connectivity index is 1.69. The second-order valence-electron chi connectivity index (χ2n) is 6.47. The van der Waals surface area contributed by atoms with Crippen LogP contribution in [-0.4, -0.2) is 43.6 Å². The molecular weight excluding hydrogens is 319 g/mol. The maximum Gasteiger partial charge on any atom is 0.151 e. The van der Waals surface area contributed by atoms with E-state index in [1.54, 1.807) is 6.07 Å². The minimum Gasteiger partial charge on any atom is -0.337 e. The Morgan fingerprint density at radius 1 is 1.36 bits per heavy atom. The van der Waals surface area contributed by atoms with Crippen LogP contribution in [0.4, 0.5) is 4.39 Å². The van der Waals surface area contributed by atoms with Crippen LogP contribution in [0.5, 0.6) is 0 Å². The number of nitrogens with zero attached hydrogens (tertiary/aromatic N) is 5. The van der Waals surface area contributed by atoms with Crippen molar-refractivity contribution < 1.29 is 4.39 Å². The van der Waals surface area contributed by atoms with Crippen molar-refractivity contribution >= 4 is 11.0 Å². The molecule has 1 unspecified atom stereocenters. The summed E-state index contributed by atoms with van der Waals surface area (Å²) in [6, 6.07) is 5.34. The van der Waals surface area contributed by atoms with Crippen LogP contribution in [0.3, 0.4) is 0 Å². The summed E-state index contributed by atoms with van der Waals surface area (Å²) < 4.78 is 18.3. The van der Waals surface area contributed by atoms with Gasteiger partial charge in [-0.25, -0.2) is 14.4 Å². The highest BCUT2D eigenvalue weighted by molar-refractivity contribution is 5.76. The smallest absolute Gasteiger partial charge is 0.151 e. The fourth-order valence-corrected chi connectivity index (χ4v) is 3.70. The van der Waals surface area contributed by atoms with Gasteiger partial charge in [-0.15, -0.1) is 0 Å². The first-order valence-corrected chi connectivity index (χ1v) is 8.74. The molecular formula is C18H23FN6. The molecule has 0 saturated carbocycles. The third kappa shape index (κ3) is 2.83. The van der Waals surface area contributed by atoms with Gasteiger partial charge in [-0.05, 0) is 19.1 Å². The van der Waals surface area contributed by atoms with E-state index in [-0.39, 0.29) is 11.9 Å². The van der Waals surface area contributed by atoms with Gasteiger partial charge >= 0.3 is 0 Å². The lowest BCUT2D eigenvalue weighted by Crippen LogP contribution is -2.46. The summed E-state index contributed by atoms with van der Waals surface area (Å²) >= 11 is 0. The number of aromatic nitrogens is 4. The predicted molar refractivity (Wildman–Crippen MR) is 94.6 cm³/mol. The topological polar surface area (TPSA) is 50.9 Å². The quantitative estimate of drug-likeness (QED) is 0.789. The number of benzene rings is 1. The fraction of sp³-hybridized carbons (Fsp3) is 0.444. The largest absolute Gasteiger partial charge is 0.337 e. The summed E-state index contributed by atoms with van der Waals surface area (Å²) in [7, 11) is 2.02. The van der Waals surface area contributed by atoms with Gasteiger partial charge in [-0.3, -0.25) is 4.90 Å². The summed E-state index contributed by atoms with van der Waals surface area (Å²) in [6.07, 6.45) is 3.80. The summed E-state index contributed by atoms with van der Waals surface area (Å²) in [6.45, 7) is 6.22. The molecule has 1 N–H and O–H groups in total. The number of halogens is 1. The number of aryl methyl sites for hydroxylation is 2. The minimum absolute atomic E-state index is 0.184. The summed E-state index contributed by atoms with van der Waals surface area (Å²) in [5, 5.41) is 3.45.